The second kappa shape index (κ2) is 9.37. The summed E-state index contributed by atoms with van der Waals surface area (Å²) in [5.74, 6) is 6.93. The third-order valence-electron chi connectivity index (χ3n) is 7.68. The number of nitrogens with zero attached hydrogens (tertiary/aromatic N) is 1. The largest absolute Gasteiger partial charge is 0.373 e. The van der Waals surface area contributed by atoms with Crippen LogP contribution in [0.15, 0.2) is 54.6 Å². The van der Waals surface area contributed by atoms with Gasteiger partial charge in [-0.15, -0.1) is 0 Å². The minimum absolute atomic E-state index is 0.198. The maximum absolute atomic E-state index is 12.0. The van der Waals surface area contributed by atoms with Gasteiger partial charge in [0.2, 0.25) is 0 Å². The molecule has 1 aliphatic heterocycles. The molecule has 1 N–H and O–H groups in total. The molecule has 1 aliphatic carbocycles. The van der Waals surface area contributed by atoms with Crippen molar-refractivity contribution in [2.75, 3.05) is 19.6 Å². The van der Waals surface area contributed by atoms with E-state index >= 15 is 0 Å². The van der Waals surface area contributed by atoms with Gasteiger partial charge in [-0.2, -0.15) is 0 Å². The van der Waals surface area contributed by atoms with Gasteiger partial charge in [0.15, 0.2) is 5.60 Å². The number of quaternary nitrogens is 1. The van der Waals surface area contributed by atoms with E-state index in [1.165, 1.54) is 37.7 Å². The molecule has 31 heavy (non-hydrogen) atoms. The predicted octanol–water partition coefficient (Wildman–Crippen LogP) is 6.31. The summed E-state index contributed by atoms with van der Waals surface area (Å²) < 4.78 is 0.943. The zero-order valence-corrected chi connectivity index (χ0v) is 19.5. The third kappa shape index (κ3) is 4.70. The predicted molar refractivity (Wildman–Crippen MR) is 129 cm³/mol. The zero-order chi connectivity index (χ0) is 21.8. The third-order valence-corrected chi connectivity index (χ3v) is 8.05. The van der Waals surface area contributed by atoms with Crippen LogP contribution in [0.5, 0.6) is 0 Å². The summed E-state index contributed by atoms with van der Waals surface area (Å²) in [5.41, 5.74) is 0.836. The van der Waals surface area contributed by atoms with Gasteiger partial charge in [-0.3, -0.25) is 0 Å². The van der Waals surface area contributed by atoms with Crippen molar-refractivity contribution in [1.29, 1.82) is 0 Å². The van der Waals surface area contributed by atoms with Crippen molar-refractivity contribution < 1.29 is 9.59 Å². The summed E-state index contributed by atoms with van der Waals surface area (Å²) >= 11 is 6.51. The Bertz CT molecular complexity index is 932. The van der Waals surface area contributed by atoms with Crippen molar-refractivity contribution in [3.63, 3.8) is 0 Å². The van der Waals surface area contributed by atoms with E-state index < -0.39 is 5.60 Å². The summed E-state index contributed by atoms with van der Waals surface area (Å²) in [6.07, 6.45) is 8.13. The molecule has 164 valence electrons. The van der Waals surface area contributed by atoms with Crippen LogP contribution in [0.4, 0.5) is 0 Å². The first-order valence-corrected chi connectivity index (χ1v) is 12.2. The van der Waals surface area contributed by atoms with Crippen LogP contribution in [-0.4, -0.2) is 29.2 Å². The van der Waals surface area contributed by atoms with Crippen molar-refractivity contribution in [2.24, 2.45) is 5.41 Å². The normalized spacial score (nSPS) is 21.6. The van der Waals surface area contributed by atoms with Gasteiger partial charge < -0.3 is 9.59 Å². The van der Waals surface area contributed by atoms with Gasteiger partial charge >= 0.3 is 0 Å². The molecule has 4 rings (SSSR count). The molecule has 1 atom stereocenters. The molecule has 0 amide bonds. The van der Waals surface area contributed by atoms with Crippen LogP contribution >= 0.6 is 11.6 Å². The number of piperidine rings is 1. The van der Waals surface area contributed by atoms with E-state index in [1.54, 1.807) is 0 Å². The Hall–Kier alpha value is -1.79. The van der Waals surface area contributed by atoms with Crippen LogP contribution in [0.1, 0.15) is 63.0 Å². The van der Waals surface area contributed by atoms with Gasteiger partial charge in [0.1, 0.15) is 13.1 Å². The Morgan fingerprint density at radius 2 is 1.58 bits per heavy atom. The minimum Gasteiger partial charge on any atom is -0.373 e. The van der Waals surface area contributed by atoms with Crippen LogP contribution in [0, 0.1) is 17.3 Å². The summed E-state index contributed by atoms with van der Waals surface area (Å²) in [7, 11) is 0. The highest BCUT2D eigenvalue weighted by Gasteiger charge is 2.48. The summed E-state index contributed by atoms with van der Waals surface area (Å²) in [6, 6.07) is 18.3. The molecule has 0 aromatic heterocycles. The maximum Gasteiger partial charge on any atom is 0.156 e. The fraction of sp³-hybridized carbons (Fsp3) is 0.500. The number of aliphatic hydroxyl groups is 1. The lowest BCUT2D eigenvalue weighted by Gasteiger charge is -2.41. The SMILES string of the molecule is CC1(C(O)(C#CC[N+]2(Cc3ccccc3Cl)CCCCC2)c2ccccc2)CCCC1. The molecular formula is C28H35ClNO+. The molecule has 2 fully saturated rings. The van der Waals surface area contributed by atoms with Gasteiger partial charge in [-0.1, -0.05) is 85.8 Å². The first-order chi connectivity index (χ1) is 15.0. The fourth-order valence-electron chi connectivity index (χ4n) is 5.65. The summed E-state index contributed by atoms with van der Waals surface area (Å²) in [6.45, 7) is 6.14. The number of likely N-dealkylation sites (tertiary alicyclic amines) is 1. The second-order valence-electron chi connectivity index (χ2n) is 9.90. The average Bonchev–Trinajstić information content (AvgIpc) is 3.25. The molecule has 2 aromatic rings. The minimum atomic E-state index is -1.10. The fourth-order valence-corrected chi connectivity index (χ4v) is 5.84. The molecule has 0 radical (unpaired) electrons. The van der Waals surface area contributed by atoms with Gasteiger partial charge in [-0.05, 0) is 49.7 Å². The monoisotopic (exact) mass is 436 g/mol. The Labute approximate surface area is 192 Å². The molecule has 1 saturated heterocycles. The van der Waals surface area contributed by atoms with E-state index in [-0.39, 0.29) is 5.41 Å². The van der Waals surface area contributed by atoms with Crippen LogP contribution in [0.2, 0.25) is 5.02 Å². The van der Waals surface area contributed by atoms with Gasteiger partial charge in [-0.25, -0.2) is 0 Å². The molecule has 0 spiro atoms. The van der Waals surface area contributed by atoms with Gasteiger partial charge in [0.05, 0.1) is 13.1 Å². The zero-order valence-electron chi connectivity index (χ0n) is 18.7. The summed E-state index contributed by atoms with van der Waals surface area (Å²) in [5, 5.41) is 12.8. The van der Waals surface area contributed by atoms with Crippen molar-refractivity contribution >= 4 is 11.6 Å². The summed E-state index contributed by atoms with van der Waals surface area (Å²) in [4.78, 5) is 0. The molecule has 1 unspecified atom stereocenters. The van der Waals surface area contributed by atoms with E-state index in [4.69, 9.17) is 11.6 Å². The highest BCUT2D eigenvalue weighted by Crippen LogP contribution is 2.50. The van der Waals surface area contributed by atoms with Crippen molar-refractivity contribution in [3.8, 4) is 11.8 Å². The lowest BCUT2D eigenvalue weighted by Crippen LogP contribution is -2.51. The van der Waals surface area contributed by atoms with Gasteiger partial charge in [0, 0.05) is 16.0 Å². The number of benzene rings is 2. The average molecular weight is 437 g/mol. The van der Waals surface area contributed by atoms with Crippen molar-refractivity contribution in [1.82, 2.24) is 0 Å². The van der Waals surface area contributed by atoms with E-state index in [0.717, 1.165) is 54.1 Å². The molecular weight excluding hydrogens is 402 g/mol. The first-order valence-electron chi connectivity index (χ1n) is 11.8. The van der Waals surface area contributed by atoms with Crippen LogP contribution in [0.3, 0.4) is 0 Å². The van der Waals surface area contributed by atoms with Crippen LogP contribution < -0.4 is 0 Å². The Morgan fingerprint density at radius 3 is 2.26 bits per heavy atom. The Morgan fingerprint density at radius 1 is 0.935 bits per heavy atom. The number of hydrogen-bond donors (Lipinski definition) is 1. The van der Waals surface area contributed by atoms with Crippen LogP contribution in [0.25, 0.3) is 0 Å². The molecule has 2 nitrogen and oxygen atoms in total. The highest BCUT2D eigenvalue weighted by atomic mass is 35.5. The van der Waals surface area contributed by atoms with Crippen molar-refractivity contribution in [3.05, 3.63) is 70.7 Å². The Kier molecular flexibility index (Phi) is 6.77. The molecule has 2 aromatic carbocycles. The van der Waals surface area contributed by atoms with E-state index in [1.807, 2.05) is 42.5 Å². The lowest BCUT2D eigenvalue weighted by atomic mass is 9.68. The highest BCUT2D eigenvalue weighted by molar-refractivity contribution is 6.31. The van der Waals surface area contributed by atoms with E-state index in [0.29, 0.717) is 0 Å². The lowest BCUT2D eigenvalue weighted by molar-refractivity contribution is -0.938. The molecule has 1 heterocycles. The standard InChI is InChI=1S/C28H35ClNO/c1-27(17-8-9-18-27)28(31,25-14-4-2-5-15-25)19-12-22-30(20-10-3-11-21-30)23-24-13-6-7-16-26(24)29/h2,4-7,13-16,31H,3,8-11,17-18,20-23H2,1H3/q+1. The second-order valence-corrected chi connectivity index (χ2v) is 10.3. The van der Waals surface area contributed by atoms with E-state index in [2.05, 4.69) is 30.9 Å². The molecule has 1 saturated carbocycles. The smallest absolute Gasteiger partial charge is 0.156 e. The Balaban J connectivity index is 1.64. The molecule has 2 aliphatic rings. The maximum atomic E-state index is 12.0. The molecule has 0 bridgehead atoms. The van der Waals surface area contributed by atoms with Crippen LogP contribution in [-0.2, 0) is 12.1 Å². The first kappa shape index (κ1) is 22.4. The molecule has 3 heteroatoms. The quantitative estimate of drug-likeness (QED) is 0.430. The topological polar surface area (TPSA) is 20.2 Å². The van der Waals surface area contributed by atoms with E-state index in [9.17, 15) is 5.11 Å². The number of rotatable bonds is 5. The van der Waals surface area contributed by atoms with Gasteiger partial charge in [0.25, 0.3) is 0 Å². The number of halogens is 1. The van der Waals surface area contributed by atoms with Crippen molar-refractivity contribution in [2.45, 2.75) is 64.0 Å². The number of hydrogen-bond acceptors (Lipinski definition) is 1.